The van der Waals surface area contributed by atoms with Crippen LogP contribution in [0.5, 0.6) is 5.75 Å². The summed E-state index contributed by atoms with van der Waals surface area (Å²) in [6.07, 6.45) is 5.96. The van der Waals surface area contributed by atoms with Crippen LogP contribution >= 0.6 is 23.2 Å². The highest BCUT2D eigenvalue weighted by atomic mass is 35.5. The molecule has 4 rings (SSSR count). The minimum atomic E-state index is -3.31. The molecular weight excluding hydrogens is 487 g/mol. The summed E-state index contributed by atoms with van der Waals surface area (Å²) in [6.45, 7) is 2.99. The minimum Gasteiger partial charge on any atom is -0.488 e. The molecule has 1 fully saturated rings. The summed E-state index contributed by atoms with van der Waals surface area (Å²) in [5, 5.41) is 0.784. The highest BCUT2D eigenvalue weighted by molar-refractivity contribution is 7.91. The van der Waals surface area contributed by atoms with Crippen molar-refractivity contribution in [3.8, 4) is 11.4 Å². The van der Waals surface area contributed by atoms with Crippen LogP contribution < -0.4 is 15.2 Å². The van der Waals surface area contributed by atoms with Gasteiger partial charge in [-0.1, -0.05) is 30.1 Å². The van der Waals surface area contributed by atoms with Crippen LogP contribution in [-0.4, -0.2) is 47.9 Å². The highest BCUT2D eigenvalue weighted by Gasteiger charge is 2.23. The van der Waals surface area contributed by atoms with Crippen molar-refractivity contribution < 1.29 is 13.2 Å². The first-order valence-electron chi connectivity index (χ1n) is 10.4. The standard InChI is InChI=1S/C22H22Cl2N4O4S/c1-2-33(30,31)18-5-3-16(4-6-18)28-14-19(24)20(11-21(28)29)32-17-7-9-27(10-8-17)22-25-12-15(23)13-26-22/h3-6,11-14,17H,2,7-10H2,1H3. The van der Waals surface area contributed by atoms with Crippen LogP contribution in [0.1, 0.15) is 19.8 Å². The van der Waals surface area contributed by atoms with Gasteiger partial charge in [-0.15, -0.1) is 0 Å². The normalized spacial score (nSPS) is 14.9. The predicted molar refractivity (Wildman–Crippen MR) is 128 cm³/mol. The van der Waals surface area contributed by atoms with Gasteiger partial charge in [-0.05, 0) is 24.3 Å². The average molecular weight is 509 g/mol. The summed E-state index contributed by atoms with van der Waals surface area (Å²) < 4.78 is 31.4. The van der Waals surface area contributed by atoms with Crippen LogP contribution in [0, 0.1) is 0 Å². The van der Waals surface area contributed by atoms with E-state index in [4.69, 9.17) is 27.9 Å². The maximum Gasteiger partial charge on any atom is 0.258 e. The van der Waals surface area contributed by atoms with Crippen molar-refractivity contribution in [1.29, 1.82) is 0 Å². The molecule has 0 radical (unpaired) electrons. The molecule has 11 heteroatoms. The topological polar surface area (TPSA) is 94.4 Å². The van der Waals surface area contributed by atoms with E-state index in [1.165, 1.54) is 29.0 Å². The van der Waals surface area contributed by atoms with E-state index < -0.39 is 9.84 Å². The van der Waals surface area contributed by atoms with Crippen molar-refractivity contribution in [2.45, 2.75) is 30.8 Å². The van der Waals surface area contributed by atoms with Gasteiger partial charge in [0.25, 0.3) is 5.56 Å². The van der Waals surface area contributed by atoms with Gasteiger partial charge < -0.3 is 9.64 Å². The molecule has 0 aliphatic carbocycles. The second-order valence-electron chi connectivity index (χ2n) is 7.60. The van der Waals surface area contributed by atoms with Gasteiger partial charge in [-0.2, -0.15) is 0 Å². The molecular formula is C22H22Cl2N4O4S. The lowest BCUT2D eigenvalue weighted by atomic mass is 10.1. The van der Waals surface area contributed by atoms with Gasteiger partial charge in [0, 0.05) is 43.9 Å². The molecule has 2 aromatic heterocycles. The minimum absolute atomic E-state index is 0.00973. The molecule has 0 saturated carbocycles. The number of hydrogen-bond acceptors (Lipinski definition) is 7. The van der Waals surface area contributed by atoms with E-state index in [1.54, 1.807) is 31.5 Å². The molecule has 0 atom stereocenters. The van der Waals surface area contributed by atoms with E-state index in [-0.39, 0.29) is 22.3 Å². The zero-order valence-electron chi connectivity index (χ0n) is 17.8. The Morgan fingerprint density at radius 3 is 2.33 bits per heavy atom. The third-order valence-corrected chi connectivity index (χ3v) is 7.68. The van der Waals surface area contributed by atoms with E-state index in [9.17, 15) is 13.2 Å². The number of rotatable bonds is 6. The van der Waals surface area contributed by atoms with Crippen LogP contribution in [0.3, 0.4) is 0 Å². The molecule has 3 aromatic rings. The molecule has 33 heavy (non-hydrogen) atoms. The Kier molecular flexibility index (Phi) is 6.92. The van der Waals surface area contributed by atoms with Crippen LogP contribution in [0.2, 0.25) is 10.0 Å². The third kappa shape index (κ3) is 5.31. The predicted octanol–water partition coefficient (Wildman–Crippen LogP) is 3.78. The maximum absolute atomic E-state index is 12.7. The summed E-state index contributed by atoms with van der Waals surface area (Å²) in [5.74, 6) is 0.955. The number of sulfone groups is 1. The first kappa shape index (κ1) is 23.5. The molecule has 1 aromatic carbocycles. The second kappa shape index (κ2) is 9.70. The number of nitrogens with zero attached hydrogens (tertiary/aromatic N) is 4. The molecule has 174 valence electrons. The Hall–Kier alpha value is -2.62. The molecule has 3 heterocycles. The van der Waals surface area contributed by atoms with Gasteiger partial charge in [-0.3, -0.25) is 9.36 Å². The van der Waals surface area contributed by atoms with E-state index in [2.05, 4.69) is 14.9 Å². The Morgan fingerprint density at radius 1 is 1.09 bits per heavy atom. The zero-order chi connectivity index (χ0) is 23.6. The lowest BCUT2D eigenvalue weighted by Gasteiger charge is -2.32. The number of aromatic nitrogens is 3. The van der Waals surface area contributed by atoms with Crippen molar-refractivity contribution in [2.24, 2.45) is 0 Å². The second-order valence-corrected chi connectivity index (χ2v) is 10.7. The number of hydrogen-bond donors (Lipinski definition) is 0. The number of anilines is 1. The molecule has 0 unspecified atom stereocenters. The SMILES string of the molecule is CCS(=O)(=O)c1ccc(-n2cc(Cl)c(OC3CCN(c4ncc(Cl)cn4)CC3)cc2=O)cc1. The summed E-state index contributed by atoms with van der Waals surface area (Å²) in [4.78, 5) is 23.5. The van der Waals surface area contributed by atoms with Crippen molar-refractivity contribution in [1.82, 2.24) is 14.5 Å². The Balaban J connectivity index is 1.45. The van der Waals surface area contributed by atoms with E-state index in [0.29, 0.717) is 40.5 Å². The molecule has 0 N–H and O–H groups in total. The summed E-state index contributed by atoms with van der Waals surface area (Å²) in [7, 11) is -3.31. The smallest absolute Gasteiger partial charge is 0.258 e. The lowest BCUT2D eigenvalue weighted by Crippen LogP contribution is -2.39. The number of benzene rings is 1. The highest BCUT2D eigenvalue weighted by Crippen LogP contribution is 2.27. The Morgan fingerprint density at radius 2 is 1.73 bits per heavy atom. The monoisotopic (exact) mass is 508 g/mol. The van der Waals surface area contributed by atoms with Gasteiger partial charge >= 0.3 is 0 Å². The fourth-order valence-electron chi connectivity index (χ4n) is 3.59. The van der Waals surface area contributed by atoms with Gasteiger partial charge in [0.05, 0.1) is 33.1 Å². The largest absolute Gasteiger partial charge is 0.488 e. The quantitative estimate of drug-likeness (QED) is 0.499. The summed E-state index contributed by atoms with van der Waals surface area (Å²) in [5.41, 5.74) is 0.187. The van der Waals surface area contributed by atoms with E-state index >= 15 is 0 Å². The third-order valence-electron chi connectivity index (χ3n) is 5.45. The number of ether oxygens (including phenoxy) is 1. The first-order valence-corrected chi connectivity index (χ1v) is 12.8. The molecule has 0 amide bonds. The van der Waals surface area contributed by atoms with Crippen molar-refractivity contribution in [3.63, 3.8) is 0 Å². The van der Waals surface area contributed by atoms with Crippen LogP contribution in [0.25, 0.3) is 5.69 Å². The fraction of sp³-hybridized carbons (Fsp3) is 0.318. The van der Waals surface area contributed by atoms with Crippen molar-refractivity contribution in [3.05, 3.63) is 69.3 Å². The molecule has 0 spiro atoms. The molecule has 1 saturated heterocycles. The lowest BCUT2D eigenvalue weighted by molar-refractivity contribution is 0.170. The average Bonchev–Trinajstić information content (AvgIpc) is 2.82. The summed E-state index contributed by atoms with van der Waals surface area (Å²) in [6, 6.07) is 7.48. The van der Waals surface area contributed by atoms with E-state index in [0.717, 1.165) is 12.8 Å². The number of piperidine rings is 1. The van der Waals surface area contributed by atoms with Gasteiger partial charge in [0.1, 0.15) is 11.9 Å². The number of pyridine rings is 1. The fourth-order valence-corrected chi connectivity index (χ4v) is 4.76. The van der Waals surface area contributed by atoms with Crippen molar-refractivity contribution in [2.75, 3.05) is 23.7 Å². The van der Waals surface area contributed by atoms with Crippen LogP contribution in [0.15, 0.2) is 58.6 Å². The van der Waals surface area contributed by atoms with Gasteiger partial charge in [0.15, 0.2) is 9.84 Å². The van der Waals surface area contributed by atoms with Crippen LogP contribution in [0.4, 0.5) is 5.95 Å². The maximum atomic E-state index is 12.7. The van der Waals surface area contributed by atoms with Crippen LogP contribution in [-0.2, 0) is 9.84 Å². The Labute approximate surface area is 201 Å². The van der Waals surface area contributed by atoms with Gasteiger partial charge in [0.2, 0.25) is 5.95 Å². The van der Waals surface area contributed by atoms with Crippen molar-refractivity contribution >= 4 is 39.0 Å². The first-order chi connectivity index (χ1) is 15.8. The molecule has 1 aliphatic heterocycles. The molecule has 1 aliphatic rings. The van der Waals surface area contributed by atoms with E-state index in [1.807, 2.05) is 0 Å². The zero-order valence-corrected chi connectivity index (χ0v) is 20.1. The molecule has 0 bridgehead atoms. The summed E-state index contributed by atoms with van der Waals surface area (Å²) >= 11 is 12.3. The number of halogens is 2. The van der Waals surface area contributed by atoms with Gasteiger partial charge in [-0.25, -0.2) is 18.4 Å². The Bertz CT molecular complexity index is 1290. The molecule has 8 nitrogen and oxygen atoms in total.